The molecule has 0 atom stereocenters. The van der Waals surface area contributed by atoms with Crippen molar-refractivity contribution in [2.75, 3.05) is 0 Å². The van der Waals surface area contributed by atoms with Crippen LogP contribution in [0.2, 0.25) is 0 Å². The summed E-state index contributed by atoms with van der Waals surface area (Å²) >= 11 is 0. The van der Waals surface area contributed by atoms with Crippen LogP contribution in [0.1, 0.15) is 0 Å². The molecule has 2 aromatic heterocycles. The molecule has 4 heteroatoms. The molecule has 3 nitrogen and oxygen atoms in total. The molecule has 2 heterocycles. The first-order valence-corrected chi connectivity index (χ1v) is 6.97. The Morgan fingerprint density at radius 3 is 2.36 bits per heavy atom. The van der Waals surface area contributed by atoms with E-state index in [2.05, 4.69) is 10.1 Å². The van der Waals surface area contributed by atoms with Crippen LogP contribution in [-0.4, -0.2) is 14.6 Å². The molecule has 22 heavy (non-hydrogen) atoms. The van der Waals surface area contributed by atoms with E-state index in [0.29, 0.717) is 0 Å². The third-order valence-electron chi connectivity index (χ3n) is 3.63. The molecule has 0 saturated carbocycles. The Hall–Kier alpha value is -3.01. The second-order valence-electron chi connectivity index (χ2n) is 5.00. The molecule has 0 bridgehead atoms. The lowest BCUT2D eigenvalue weighted by Gasteiger charge is -2.05. The molecule has 0 aliphatic carbocycles. The lowest BCUT2D eigenvalue weighted by molar-refractivity contribution is 0.628. The minimum atomic E-state index is -0.252. The van der Waals surface area contributed by atoms with E-state index in [9.17, 15) is 4.39 Å². The van der Waals surface area contributed by atoms with Crippen molar-refractivity contribution >= 4 is 5.65 Å². The van der Waals surface area contributed by atoms with Gasteiger partial charge in [0.25, 0.3) is 0 Å². The zero-order valence-electron chi connectivity index (χ0n) is 11.6. The van der Waals surface area contributed by atoms with Gasteiger partial charge in [0.15, 0.2) is 5.65 Å². The van der Waals surface area contributed by atoms with Gasteiger partial charge in [-0.1, -0.05) is 42.5 Å². The van der Waals surface area contributed by atoms with E-state index in [1.807, 2.05) is 40.9 Å². The van der Waals surface area contributed by atoms with Gasteiger partial charge >= 0.3 is 0 Å². The molecule has 2 aromatic carbocycles. The Kier molecular flexibility index (Phi) is 2.93. The van der Waals surface area contributed by atoms with Crippen molar-refractivity contribution < 1.29 is 4.39 Å². The molecule has 0 aliphatic rings. The Bertz CT molecular complexity index is 928. The van der Waals surface area contributed by atoms with Crippen molar-refractivity contribution in [3.8, 4) is 22.4 Å². The van der Waals surface area contributed by atoms with Gasteiger partial charge in [0.05, 0.1) is 11.9 Å². The highest BCUT2D eigenvalue weighted by Gasteiger charge is 2.11. The maximum Gasteiger partial charge on any atom is 0.163 e. The smallest absolute Gasteiger partial charge is 0.163 e. The average Bonchev–Trinajstić information content (AvgIpc) is 3.00. The van der Waals surface area contributed by atoms with Crippen LogP contribution in [-0.2, 0) is 0 Å². The fourth-order valence-corrected chi connectivity index (χ4v) is 2.55. The number of benzene rings is 2. The number of aromatic nitrogens is 3. The summed E-state index contributed by atoms with van der Waals surface area (Å²) in [6.45, 7) is 0. The fourth-order valence-electron chi connectivity index (χ4n) is 2.55. The van der Waals surface area contributed by atoms with E-state index in [0.717, 1.165) is 28.0 Å². The second kappa shape index (κ2) is 5.07. The molecule has 0 N–H and O–H groups in total. The Labute approximate surface area is 126 Å². The van der Waals surface area contributed by atoms with Crippen LogP contribution in [0.15, 0.2) is 73.1 Å². The number of fused-ring (bicyclic) bond motifs is 1. The van der Waals surface area contributed by atoms with Crippen LogP contribution in [0, 0.1) is 5.82 Å². The van der Waals surface area contributed by atoms with Gasteiger partial charge in [-0.25, -0.2) is 13.9 Å². The van der Waals surface area contributed by atoms with Crippen LogP contribution in [0.3, 0.4) is 0 Å². The topological polar surface area (TPSA) is 30.2 Å². The molecule has 0 spiro atoms. The maximum absolute atomic E-state index is 13.1. The number of halogens is 1. The van der Waals surface area contributed by atoms with Crippen LogP contribution in [0.5, 0.6) is 0 Å². The van der Waals surface area contributed by atoms with Crippen molar-refractivity contribution in [2.24, 2.45) is 0 Å². The first kappa shape index (κ1) is 12.7. The van der Waals surface area contributed by atoms with Gasteiger partial charge < -0.3 is 0 Å². The quantitative estimate of drug-likeness (QED) is 0.553. The molecule has 0 unspecified atom stereocenters. The maximum atomic E-state index is 13.1. The van der Waals surface area contributed by atoms with E-state index in [1.54, 1.807) is 24.5 Å². The van der Waals surface area contributed by atoms with Crippen molar-refractivity contribution in [2.45, 2.75) is 0 Å². The second-order valence-corrected chi connectivity index (χ2v) is 5.00. The monoisotopic (exact) mass is 289 g/mol. The third-order valence-corrected chi connectivity index (χ3v) is 3.63. The normalized spacial score (nSPS) is 11.0. The van der Waals surface area contributed by atoms with Gasteiger partial charge in [-0.2, -0.15) is 5.10 Å². The van der Waals surface area contributed by atoms with Crippen molar-refractivity contribution in [1.82, 2.24) is 14.6 Å². The van der Waals surface area contributed by atoms with Crippen LogP contribution in [0.4, 0.5) is 4.39 Å². The zero-order valence-corrected chi connectivity index (χ0v) is 11.6. The van der Waals surface area contributed by atoms with Gasteiger partial charge in [0, 0.05) is 17.3 Å². The van der Waals surface area contributed by atoms with Crippen molar-refractivity contribution in [3.63, 3.8) is 0 Å². The summed E-state index contributed by atoms with van der Waals surface area (Å²) in [5.74, 6) is -0.252. The molecular formula is C18H12FN3. The van der Waals surface area contributed by atoms with Gasteiger partial charge in [0.1, 0.15) is 5.82 Å². The van der Waals surface area contributed by atoms with Gasteiger partial charge in [-0.15, -0.1) is 0 Å². The summed E-state index contributed by atoms with van der Waals surface area (Å²) in [5, 5.41) is 4.45. The summed E-state index contributed by atoms with van der Waals surface area (Å²) < 4.78 is 14.9. The molecule has 106 valence electrons. The van der Waals surface area contributed by atoms with Crippen LogP contribution >= 0.6 is 0 Å². The number of nitrogens with zero attached hydrogens (tertiary/aromatic N) is 3. The summed E-state index contributed by atoms with van der Waals surface area (Å²) in [7, 11) is 0. The van der Waals surface area contributed by atoms with E-state index >= 15 is 0 Å². The molecular weight excluding hydrogens is 277 g/mol. The third kappa shape index (κ3) is 2.05. The van der Waals surface area contributed by atoms with E-state index in [-0.39, 0.29) is 5.82 Å². The molecule has 4 rings (SSSR count). The Balaban J connectivity index is 1.92. The standard InChI is InChI=1S/C18H12FN3/c19-15-8-6-13(7-9-15)16-12-21-22-17(10-11-20-18(16)22)14-4-2-1-3-5-14/h1-12H. The minimum absolute atomic E-state index is 0.252. The molecule has 0 aliphatic heterocycles. The minimum Gasteiger partial charge on any atom is -0.236 e. The van der Waals surface area contributed by atoms with E-state index in [1.165, 1.54) is 12.1 Å². The van der Waals surface area contributed by atoms with Crippen LogP contribution in [0.25, 0.3) is 28.0 Å². The Morgan fingerprint density at radius 1 is 0.818 bits per heavy atom. The highest BCUT2D eigenvalue weighted by molar-refractivity contribution is 5.78. The van der Waals surface area contributed by atoms with Crippen LogP contribution < -0.4 is 0 Å². The lowest BCUT2D eigenvalue weighted by atomic mass is 10.1. The summed E-state index contributed by atoms with van der Waals surface area (Å²) in [5.41, 5.74) is 4.59. The number of rotatable bonds is 2. The molecule has 4 aromatic rings. The zero-order chi connectivity index (χ0) is 14.9. The molecule has 0 amide bonds. The molecule has 0 radical (unpaired) electrons. The summed E-state index contributed by atoms with van der Waals surface area (Å²) in [6.07, 6.45) is 3.54. The highest BCUT2D eigenvalue weighted by atomic mass is 19.1. The van der Waals surface area contributed by atoms with Gasteiger partial charge in [-0.3, -0.25) is 0 Å². The fraction of sp³-hybridized carbons (Fsp3) is 0. The van der Waals surface area contributed by atoms with Gasteiger partial charge in [0.2, 0.25) is 0 Å². The summed E-state index contributed by atoms with van der Waals surface area (Å²) in [4.78, 5) is 4.43. The van der Waals surface area contributed by atoms with E-state index < -0.39 is 0 Å². The molecule has 0 saturated heterocycles. The number of hydrogen-bond acceptors (Lipinski definition) is 2. The Morgan fingerprint density at radius 2 is 1.59 bits per heavy atom. The first-order chi connectivity index (χ1) is 10.8. The average molecular weight is 289 g/mol. The SMILES string of the molecule is Fc1ccc(-c2cnn3c(-c4ccccc4)ccnc23)cc1. The van der Waals surface area contributed by atoms with E-state index in [4.69, 9.17) is 0 Å². The molecule has 0 fully saturated rings. The van der Waals surface area contributed by atoms with Crippen molar-refractivity contribution in [1.29, 1.82) is 0 Å². The predicted octanol–water partition coefficient (Wildman–Crippen LogP) is 4.20. The predicted molar refractivity (Wildman–Crippen MR) is 83.8 cm³/mol. The van der Waals surface area contributed by atoms with Crippen molar-refractivity contribution in [3.05, 3.63) is 78.9 Å². The lowest BCUT2D eigenvalue weighted by Crippen LogP contribution is -1.95. The number of hydrogen-bond donors (Lipinski definition) is 0. The summed E-state index contributed by atoms with van der Waals surface area (Å²) in [6, 6.07) is 18.3. The van der Waals surface area contributed by atoms with Gasteiger partial charge in [-0.05, 0) is 23.8 Å². The highest BCUT2D eigenvalue weighted by Crippen LogP contribution is 2.26. The largest absolute Gasteiger partial charge is 0.236 e. The first-order valence-electron chi connectivity index (χ1n) is 6.97.